The molecule has 0 saturated heterocycles. The van der Waals surface area contributed by atoms with Gasteiger partial charge in [-0.05, 0) is 37.0 Å². The topological polar surface area (TPSA) is 78.8 Å². The predicted molar refractivity (Wildman–Crippen MR) is 126 cm³/mol. The number of aromatic nitrogens is 1. The van der Waals surface area contributed by atoms with E-state index < -0.39 is 11.5 Å². The zero-order chi connectivity index (χ0) is 21.6. The average Bonchev–Trinajstić information content (AvgIpc) is 2.77. The number of oxime groups is 1. The predicted octanol–water partition coefficient (Wildman–Crippen LogP) is 3.32. The standard InChI is InChI=1S/C23H32N4O2S/c1-16(2)25-14-19(28)15-29-27-21-10-6-7-11-23(21,22(30)24-3)18-12-17-8-4-5-9-20(17)26-13-18/h4-5,8-9,12-13,16,19,25,28H,6-7,10-11,14-15H2,1-3H3,(H,24,30)/b27-21-. The van der Waals surface area contributed by atoms with Gasteiger partial charge in [0.25, 0.3) is 0 Å². The number of para-hydroxylation sites is 1. The van der Waals surface area contributed by atoms with Gasteiger partial charge >= 0.3 is 0 Å². The third-order valence-corrected chi connectivity index (χ3v) is 6.16. The molecule has 1 heterocycles. The second-order valence-electron chi connectivity index (χ2n) is 8.16. The molecule has 2 atom stereocenters. The molecule has 1 aliphatic carbocycles. The molecule has 0 amide bonds. The fourth-order valence-electron chi connectivity index (χ4n) is 4.00. The zero-order valence-corrected chi connectivity index (χ0v) is 18.8. The van der Waals surface area contributed by atoms with Crippen LogP contribution in [0.25, 0.3) is 10.9 Å². The second-order valence-corrected chi connectivity index (χ2v) is 8.57. The minimum Gasteiger partial charge on any atom is -0.393 e. The number of nitrogens with one attached hydrogen (secondary N) is 2. The van der Waals surface area contributed by atoms with Crippen molar-refractivity contribution in [1.82, 2.24) is 15.6 Å². The molecule has 0 radical (unpaired) electrons. The Morgan fingerprint density at radius 2 is 2.13 bits per heavy atom. The number of aliphatic hydroxyl groups excluding tert-OH is 1. The average molecular weight is 429 g/mol. The van der Waals surface area contributed by atoms with Crippen LogP contribution < -0.4 is 10.6 Å². The number of pyridine rings is 1. The Balaban J connectivity index is 1.90. The summed E-state index contributed by atoms with van der Waals surface area (Å²) in [6.45, 7) is 4.69. The third-order valence-electron chi connectivity index (χ3n) is 5.61. The SMILES string of the molecule is CNC(=S)C1(c2cnc3ccccc3c2)CCCC/C1=N/OCC(O)CNC(C)C. The number of rotatable bonds is 8. The molecule has 1 fully saturated rings. The van der Waals surface area contributed by atoms with E-state index in [-0.39, 0.29) is 6.61 Å². The van der Waals surface area contributed by atoms with Gasteiger partial charge in [0.1, 0.15) is 12.7 Å². The Morgan fingerprint density at radius 1 is 1.33 bits per heavy atom. The van der Waals surface area contributed by atoms with Gasteiger partial charge in [0.2, 0.25) is 0 Å². The highest BCUT2D eigenvalue weighted by Crippen LogP contribution is 2.39. The van der Waals surface area contributed by atoms with Gasteiger partial charge in [0, 0.05) is 31.2 Å². The third kappa shape index (κ3) is 4.96. The largest absolute Gasteiger partial charge is 0.393 e. The van der Waals surface area contributed by atoms with Crippen LogP contribution in [0.5, 0.6) is 0 Å². The van der Waals surface area contributed by atoms with Crippen LogP contribution in [0.4, 0.5) is 0 Å². The molecule has 1 saturated carbocycles. The lowest BCUT2D eigenvalue weighted by Crippen LogP contribution is -2.50. The molecule has 0 aliphatic heterocycles. The molecule has 3 rings (SSSR count). The Hall–Kier alpha value is -2.09. The summed E-state index contributed by atoms with van der Waals surface area (Å²) < 4.78 is 0. The van der Waals surface area contributed by atoms with E-state index in [0.717, 1.165) is 52.8 Å². The van der Waals surface area contributed by atoms with Crippen molar-refractivity contribution in [3.05, 3.63) is 42.1 Å². The Kier molecular flexibility index (Phi) is 7.75. The number of fused-ring (bicyclic) bond motifs is 1. The number of hydrogen-bond acceptors (Lipinski definition) is 6. The van der Waals surface area contributed by atoms with Crippen molar-refractivity contribution in [2.45, 2.75) is 57.1 Å². The van der Waals surface area contributed by atoms with Gasteiger partial charge in [-0.15, -0.1) is 0 Å². The summed E-state index contributed by atoms with van der Waals surface area (Å²) in [6.07, 6.45) is 5.03. The number of thiocarbonyl (C=S) groups is 1. The Labute approximate surface area is 184 Å². The van der Waals surface area contributed by atoms with E-state index in [0.29, 0.717) is 12.6 Å². The molecule has 0 spiro atoms. The van der Waals surface area contributed by atoms with Crippen molar-refractivity contribution in [2.24, 2.45) is 5.16 Å². The smallest absolute Gasteiger partial charge is 0.144 e. The summed E-state index contributed by atoms with van der Waals surface area (Å²) in [5, 5.41) is 22.1. The molecule has 1 aromatic carbocycles. The molecule has 162 valence electrons. The number of likely N-dealkylation sites (N-methyl/N-ethyl adjacent to an activating group) is 1. The molecule has 3 N–H and O–H groups in total. The molecule has 2 aromatic rings. The molecule has 7 heteroatoms. The summed E-state index contributed by atoms with van der Waals surface area (Å²) in [5.41, 5.74) is 2.34. The summed E-state index contributed by atoms with van der Waals surface area (Å²) >= 11 is 5.81. The van der Waals surface area contributed by atoms with Crippen LogP contribution in [-0.4, -0.2) is 53.1 Å². The van der Waals surface area contributed by atoms with E-state index in [1.165, 1.54) is 0 Å². The first-order valence-corrected chi connectivity index (χ1v) is 11.1. The second kappa shape index (κ2) is 10.3. The van der Waals surface area contributed by atoms with Gasteiger partial charge in [0.15, 0.2) is 0 Å². The zero-order valence-electron chi connectivity index (χ0n) is 18.0. The van der Waals surface area contributed by atoms with Gasteiger partial charge in [-0.3, -0.25) is 4.98 Å². The van der Waals surface area contributed by atoms with Crippen LogP contribution >= 0.6 is 12.2 Å². The molecule has 0 bridgehead atoms. The lowest BCUT2D eigenvalue weighted by Gasteiger charge is -2.38. The monoisotopic (exact) mass is 428 g/mol. The first kappa shape index (κ1) is 22.6. The fraction of sp³-hybridized carbons (Fsp3) is 0.522. The van der Waals surface area contributed by atoms with Gasteiger partial charge in [-0.25, -0.2) is 0 Å². The van der Waals surface area contributed by atoms with Crippen LogP contribution in [-0.2, 0) is 10.3 Å². The maximum atomic E-state index is 10.1. The van der Waals surface area contributed by atoms with Gasteiger partial charge < -0.3 is 20.6 Å². The van der Waals surface area contributed by atoms with Crippen molar-refractivity contribution < 1.29 is 9.94 Å². The van der Waals surface area contributed by atoms with Crippen LogP contribution in [0.1, 0.15) is 45.1 Å². The number of aliphatic hydroxyl groups is 1. The van der Waals surface area contributed by atoms with E-state index in [4.69, 9.17) is 17.1 Å². The quantitative estimate of drug-likeness (QED) is 0.442. The van der Waals surface area contributed by atoms with Crippen LogP contribution in [0.3, 0.4) is 0 Å². The van der Waals surface area contributed by atoms with E-state index in [1.54, 1.807) is 0 Å². The molecular formula is C23H32N4O2S. The number of hydrogen-bond donors (Lipinski definition) is 3. The highest BCUT2D eigenvalue weighted by Gasteiger charge is 2.44. The van der Waals surface area contributed by atoms with Crippen LogP contribution in [0.2, 0.25) is 0 Å². The molecule has 1 aromatic heterocycles. The summed E-state index contributed by atoms with van der Waals surface area (Å²) in [4.78, 5) is 11.0. The lowest BCUT2D eigenvalue weighted by molar-refractivity contribution is 0.0383. The van der Waals surface area contributed by atoms with Crippen molar-refractivity contribution in [2.75, 3.05) is 20.2 Å². The maximum Gasteiger partial charge on any atom is 0.144 e. The van der Waals surface area contributed by atoms with E-state index in [2.05, 4.69) is 32.9 Å². The molecule has 1 aliphatic rings. The minimum absolute atomic E-state index is 0.140. The molecule has 2 unspecified atom stereocenters. The molecular weight excluding hydrogens is 396 g/mol. The van der Waals surface area contributed by atoms with Crippen LogP contribution in [0.15, 0.2) is 41.7 Å². The minimum atomic E-state index is -0.617. The Bertz CT molecular complexity index is 902. The van der Waals surface area contributed by atoms with Crippen molar-refractivity contribution in [3.8, 4) is 0 Å². The number of nitrogens with zero attached hydrogens (tertiary/aromatic N) is 2. The molecule has 6 nitrogen and oxygen atoms in total. The normalized spacial score (nSPS) is 21.7. The summed E-state index contributed by atoms with van der Waals surface area (Å²) in [6, 6.07) is 10.6. The highest BCUT2D eigenvalue weighted by atomic mass is 32.1. The molecule has 30 heavy (non-hydrogen) atoms. The Morgan fingerprint density at radius 3 is 2.90 bits per heavy atom. The highest BCUT2D eigenvalue weighted by molar-refractivity contribution is 7.80. The first-order chi connectivity index (χ1) is 14.5. The lowest BCUT2D eigenvalue weighted by atomic mass is 9.68. The van der Waals surface area contributed by atoms with Crippen molar-refractivity contribution in [1.29, 1.82) is 0 Å². The van der Waals surface area contributed by atoms with E-state index in [9.17, 15) is 5.11 Å². The van der Waals surface area contributed by atoms with Crippen LogP contribution in [0, 0.1) is 0 Å². The van der Waals surface area contributed by atoms with Gasteiger partial charge in [-0.2, -0.15) is 0 Å². The maximum absolute atomic E-state index is 10.1. The van der Waals surface area contributed by atoms with Gasteiger partial charge in [-0.1, -0.05) is 55.8 Å². The van der Waals surface area contributed by atoms with Crippen molar-refractivity contribution in [3.63, 3.8) is 0 Å². The van der Waals surface area contributed by atoms with E-state index >= 15 is 0 Å². The van der Waals surface area contributed by atoms with Gasteiger partial charge in [0.05, 0.1) is 21.6 Å². The van der Waals surface area contributed by atoms with E-state index in [1.807, 2.05) is 45.3 Å². The number of benzene rings is 1. The summed E-state index contributed by atoms with van der Waals surface area (Å²) in [5.74, 6) is 0. The van der Waals surface area contributed by atoms with Crippen molar-refractivity contribution >= 4 is 33.8 Å². The fourth-order valence-corrected chi connectivity index (χ4v) is 4.34. The first-order valence-electron chi connectivity index (χ1n) is 10.7. The summed E-state index contributed by atoms with van der Waals surface area (Å²) in [7, 11) is 1.85.